The summed E-state index contributed by atoms with van der Waals surface area (Å²) in [5.74, 6) is 0.412. The number of amides is 1. The number of aromatic nitrogens is 2. The predicted octanol–water partition coefficient (Wildman–Crippen LogP) is 3.56. The Morgan fingerprint density at radius 3 is 2.64 bits per heavy atom. The molecule has 22 heavy (non-hydrogen) atoms. The molecule has 112 valence electrons. The summed E-state index contributed by atoms with van der Waals surface area (Å²) in [6.07, 6.45) is 2.54. The second-order valence-electron chi connectivity index (χ2n) is 4.71. The molecule has 1 aliphatic heterocycles. The summed E-state index contributed by atoms with van der Waals surface area (Å²) < 4.78 is 0. The van der Waals surface area contributed by atoms with Crippen molar-refractivity contribution in [1.82, 2.24) is 10.2 Å². The van der Waals surface area contributed by atoms with Gasteiger partial charge in [0.25, 0.3) is 5.91 Å². The van der Waals surface area contributed by atoms with Crippen molar-refractivity contribution in [2.24, 2.45) is 4.99 Å². The van der Waals surface area contributed by atoms with Crippen LogP contribution in [0.25, 0.3) is 6.08 Å². The van der Waals surface area contributed by atoms with Crippen molar-refractivity contribution in [3.63, 3.8) is 0 Å². The first-order valence-corrected chi connectivity index (χ1v) is 7.97. The van der Waals surface area contributed by atoms with Gasteiger partial charge in [0, 0.05) is 5.02 Å². The van der Waals surface area contributed by atoms with Crippen molar-refractivity contribution >= 4 is 45.9 Å². The highest BCUT2D eigenvalue weighted by molar-refractivity contribution is 7.15. The molecule has 1 aromatic carbocycles. The van der Waals surface area contributed by atoms with E-state index in [0.29, 0.717) is 21.7 Å². The number of halogens is 1. The number of benzene rings is 1. The Kier molecular flexibility index (Phi) is 4.04. The Hall–Kier alpha value is -2.05. The molecule has 0 radical (unpaired) electrons. The van der Waals surface area contributed by atoms with Crippen molar-refractivity contribution in [2.75, 3.05) is 4.90 Å². The summed E-state index contributed by atoms with van der Waals surface area (Å²) in [4.78, 5) is 18.4. The lowest BCUT2D eigenvalue weighted by Crippen LogP contribution is -2.30. The van der Waals surface area contributed by atoms with Gasteiger partial charge in [-0.15, -0.1) is 10.2 Å². The van der Waals surface area contributed by atoms with Crippen LogP contribution in [-0.4, -0.2) is 21.9 Å². The molecule has 0 unspecified atom stereocenters. The topological polar surface area (TPSA) is 58.5 Å². The third-order valence-electron chi connectivity index (χ3n) is 3.15. The van der Waals surface area contributed by atoms with Crippen LogP contribution in [-0.2, 0) is 11.2 Å². The first-order chi connectivity index (χ1) is 10.6. The van der Waals surface area contributed by atoms with Crippen LogP contribution in [0.15, 0.2) is 35.0 Å². The van der Waals surface area contributed by atoms with Crippen LogP contribution in [0, 0.1) is 0 Å². The van der Waals surface area contributed by atoms with Crippen LogP contribution in [0.5, 0.6) is 0 Å². The van der Waals surface area contributed by atoms with E-state index in [1.165, 1.54) is 16.2 Å². The second-order valence-corrected chi connectivity index (χ2v) is 6.19. The fourth-order valence-electron chi connectivity index (χ4n) is 2.05. The maximum absolute atomic E-state index is 12.5. The van der Waals surface area contributed by atoms with E-state index in [4.69, 9.17) is 11.6 Å². The first kappa shape index (κ1) is 14.9. The van der Waals surface area contributed by atoms with Gasteiger partial charge in [-0.25, -0.2) is 9.89 Å². The van der Waals surface area contributed by atoms with Crippen LogP contribution in [0.2, 0.25) is 5.02 Å². The van der Waals surface area contributed by atoms with Crippen LogP contribution in [0.4, 0.5) is 5.13 Å². The minimum Gasteiger partial charge on any atom is -0.266 e. The van der Waals surface area contributed by atoms with Gasteiger partial charge in [0.05, 0.1) is 0 Å². The van der Waals surface area contributed by atoms with Gasteiger partial charge in [-0.3, -0.25) is 4.79 Å². The van der Waals surface area contributed by atoms with Crippen molar-refractivity contribution in [3.8, 4) is 0 Å². The van der Waals surface area contributed by atoms with E-state index >= 15 is 0 Å². The Balaban J connectivity index is 1.90. The van der Waals surface area contributed by atoms with E-state index in [1.807, 2.05) is 19.1 Å². The predicted molar refractivity (Wildman–Crippen MR) is 89.3 cm³/mol. The molecule has 3 rings (SSSR count). The van der Waals surface area contributed by atoms with Gasteiger partial charge in [-0.1, -0.05) is 42.0 Å². The second kappa shape index (κ2) is 5.98. The zero-order valence-corrected chi connectivity index (χ0v) is 13.6. The van der Waals surface area contributed by atoms with E-state index in [1.54, 1.807) is 25.1 Å². The molecule has 1 aliphatic rings. The fraction of sp³-hybridized carbons (Fsp3) is 0.200. The highest BCUT2D eigenvalue weighted by Gasteiger charge is 2.31. The molecule has 7 heteroatoms. The standard InChI is InChI=1S/C15H13ClN4OS/c1-3-13-18-19-15(22-13)20-9(2)17-12(14(20)21)8-10-4-6-11(16)7-5-10/h4-8H,3H2,1-2H3/b12-8-. The Morgan fingerprint density at radius 1 is 1.27 bits per heavy atom. The molecule has 0 N–H and O–H groups in total. The third kappa shape index (κ3) is 2.80. The molecule has 1 aromatic heterocycles. The number of aryl methyl sites for hydroxylation is 1. The molecular weight excluding hydrogens is 320 g/mol. The van der Waals surface area contributed by atoms with Crippen LogP contribution in [0.1, 0.15) is 24.4 Å². The van der Waals surface area contributed by atoms with E-state index < -0.39 is 0 Å². The molecule has 0 bridgehead atoms. The van der Waals surface area contributed by atoms with Crippen molar-refractivity contribution in [2.45, 2.75) is 20.3 Å². The van der Waals surface area contributed by atoms with Crippen molar-refractivity contribution < 1.29 is 4.79 Å². The van der Waals surface area contributed by atoms with Gasteiger partial charge < -0.3 is 0 Å². The number of hydrogen-bond acceptors (Lipinski definition) is 5. The van der Waals surface area contributed by atoms with Crippen molar-refractivity contribution in [3.05, 3.63) is 45.6 Å². The Labute approximate surface area is 137 Å². The summed E-state index contributed by atoms with van der Waals surface area (Å²) in [7, 11) is 0. The van der Waals surface area contributed by atoms with Gasteiger partial charge in [-0.2, -0.15) is 0 Å². The van der Waals surface area contributed by atoms with Gasteiger partial charge in [0.15, 0.2) is 0 Å². The molecule has 5 nitrogen and oxygen atoms in total. The lowest BCUT2D eigenvalue weighted by Gasteiger charge is -2.10. The number of hydrogen-bond donors (Lipinski definition) is 0. The Bertz CT molecular complexity index is 779. The summed E-state index contributed by atoms with van der Waals surface area (Å²) in [6.45, 7) is 3.79. The normalized spacial score (nSPS) is 16.5. The quantitative estimate of drug-likeness (QED) is 0.807. The lowest BCUT2D eigenvalue weighted by molar-refractivity contribution is -0.113. The summed E-state index contributed by atoms with van der Waals surface area (Å²) in [6, 6.07) is 7.24. The molecular formula is C15H13ClN4OS. The molecule has 2 aromatic rings. The smallest absolute Gasteiger partial charge is 0.266 e. The van der Waals surface area contributed by atoms with Gasteiger partial charge >= 0.3 is 0 Å². The van der Waals surface area contributed by atoms with Crippen LogP contribution in [0.3, 0.4) is 0 Å². The zero-order chi connectivity index (χ0) is 15.7. The number of rotatable bonds is 3. The SMILES string of the molecule is CCc1nnc(N2C(=O)/C(=C/c3ccc(Cl)cc3)N=C2C)s1. The number of aliphatic imine (C=N–C) groups is 1. The number of carbonyl (C=O) groups is 1. The minimum absolute atomic E-state index is 0.189. The summed E-state index contributed by atoms with van der Waals surface area (Å²) in [5, 5.41) is 10.2. The van der Waals surface area contributed by atoms with Crippen LogP contribution >= 0.6 is 22.9 Å². The lowest BCUT2D eigenvalue weighted by atomic mass is 10.2. The van der Waals surface area contributed by atoms with E-state index in [0.717, 1.165) is 17.0 Å². The third-order valence-corrected chi connectivity index (χ3v) is 4.46. The van der Waals surface area contributed by atoms with Gasteiger partial charge in [-0.05, 0) is 37.1 Å². The number of carbonyl (C=O) groups excluding carboxylic acids is 1. The zero-order valence-electron chi connectivity index (χ0n) is 12.1. The molecule has 0 aliphatic carbocycles. The van der Waals surface area contributed by atoms with E-state index in [2.05, 4.69) is 15.2 Å². The maximum atomic E-state index is 12.5. The van der Waals surface area contributed by atoms with Gasteiger partial charge in [0.2, 0.25) is 5.13 Å². The molecule has 0 saturated heterocycles. The molecule has 2 heterocycles. The first-order valence-electron chi connectivity index (χ1n) is 6.78. The largest absolute Gasteiger partial charge is 0.284 e. The molecule has 0 saturated carbocycles. The number of nitrogens with zero attached hydrogens (tertiary/aromatic N) is 4. The minimum atomic E-state index is -0.189. The number of anilines is 1. The Morgan fingerprint density at radius 2 is 2.00 bits per heavy atom. The van der Waals surface area contributed by atoms with Crippen LogP contribution < -0.4 is 4.90 Å². The average Bonchev–Trinajstić information content (AvgIpc) is 3.07. The maximum Gasteiger partial charge on any atom is 0.284 e. The summed E-state index contributed by atoms with van der Waals surface area (Å²) >= 11 is 7.27. The fourth-order valence-corrected chi connectivity index (χ4v) is 3.00. The summed E-state index contributed by atoms with van der Waals surface area (Å²) in [5.41, 5.74) is 1.26. The average molecular weight is 333 g/mol. The molecule has 0 atom stereocenters. The monoisotopic (exact) mass is 332 g/mol. The number of amidine groups is 1. The van der Waals surface area contributed by atoms with E-state index in [-0.39, 0.29) is 5.91 Å². The molecule has 0 fully saturated rings. The van der Waals surface area contributed by atoms with E-state index in [9.17, 15) is 4.79 Å². The van der Waals surface area contributed by atoms with Gasteiger partial charge in [0.1, 0.15) is 16.5 Å². The molecule has 0 spiro atoms. The highest BCUT2D eigenvalue weighted by Crippen LogP contribution is 2.27. The highest BCUT2D eigenvalue weighted by atomic mass is 35.5. The molecule has 1 amide bonds. The van der Waals surface area contributed by atoms with Crippen molar-refractivity contribution in [1.29, 1.82) is 0 Å².